The lowest BCUT2D eigenvalue weighted by atomic mass is 10.2. The number of anilines is 1. The Kier molecular flexibility index (Phi) is 6.32. The zero-order valence-corrected chi connectivity index (χ0v) is 12.7. The number of thioether (sulfide) groups is 1. The minimum Gasteiger partial charge on any atom is -0.338 e. The second kappa shape index (κ2) is 8.74. The Labute approximate surface area is 133 Å². The van der Waals surface area contributed by atoms with Crippen molar-refractivity contribution in [3.63, 3.8) is 0 Å². The van der Waals surface area contributed by atoms with Gasteiger partial charge in [-0.1, -0.05) is 60.3 Å². The number of hydrogen-bond acceptors (Lipinski definition) is 4. The molecule has 0 aliphatic carbocycles. The topological polar surface area (TPSA) is 70.2 Å². The van der Waals surface area contributed by atoms with Crippen molar-refractivity contribution >= 4 is 28.6 Å². The van der Waals surface area contributed by atoms with Crippen LogP contribution in [0.3, 0.4) is 0 Å². The summed E-state index contributed by atoms with van der Waals surface area (Å²) in [5, 5.41) is 2.34. The molecule has 3 N–H and O–H groups in total. The lowest BCUT2D eigenvalue weighted by molar-refractivity contribution is -0.119. The molecule has 5 nitrogen and oxygen atoms in total. The molecular weight excluding hydrogens is 298 g/mol. The summed E-state index contributed by atoms with van der Waals surface area (Å²) in [5.41, 5.74) is 7.13. The van der Waals surface area contributed by atoms with Crippen molar-refractivity contribution in [3.05, 3.63) is 66.2 Å². The third-order valence-electron chi connectivity index (χ3n) is 2.73. The van der Waals surface area contributed by atoms with E-state index in [-0.39, 0.29) is 17.7 Å². The van der Waals surface area contributed by atoms with Gasteiger partial charge in [0.1, 0.15) is 0 Å². The van der Waals surface area contributed by atoms with E-state index in [0.717, 1.165) is 23.0 Å². The van der Waals surface area contributed by atoms with Crippen molar-refractivity contribution in [1.82, 2.24) is 10.7 Å². The first-order chi connectivity index (χ1) is 10.7. The molecule has 0 heterocycles. The molecule has 6 heteroatoms. The predicted molar refractivity (Wildman–Crippen MR) is 89.3 cm³/mol. The number of amides is 2. The minimum absolute atomic E-state index is 0.0690. The molecule has 22 heavy (non-hydrogen) atoms. The minimum atomic E-state index is -0.308. The maximum Gasteiger partial charge on any atom is 0.279 e. The van der Waals surface area contributed by atoms with E-state index in [9.17, 15) is 9.59 Å². The quantitative estimate of drug-likeness (QED) is 0.717. The number of benzene rings is 2. The number of hydrazine groups is 1. The molecule has 0 fully saturated rings. The normalized spacial score (nSPS) is 9.82. The van der Waals surface area contributed by atoms with Gasteiger partial charge >= 0.3 is 0 Å². The molecule has 0 aromatic heterocycles. The van der Waals surface area contributed by atoms with Crippen LogP contribution in [0, 0.1) is 0 Å². The fourth-order valence-electron chi connectivity index (χ4n) is 1.63. The predicted octanol–water partition coefficient (Wildman–Crippen LogP) is 2.77. The maximum atomic E-state index is 11.6. The number of nitrogens with one attached hydrogen (secondary N) is 3. The smallest absolute Gasteiger partial charge is 0.279 e. The summed E-state index contributed by atoms with van der Waals surface area (Å²) in [6.45, 7) is -0.0690. The summed E-state index contributed by atoms with van der Waals surface area (Å²) in [6, 6.07) is 19.0. The Balaban J connectivity index is 1.62. The summed E-state index contributed by atoms with van der Waals surface area (Å²) >= 11 is 1.14. The summed E-state index contributed by atoms with van der Waals surface area (Å²) in [4.78, 5) is 23.2. The summed E-state index contributed by atoms with van der Waals surface area (Å²) in [7, 11) is 0. The molecule has 2 rings (SSSR count). The van der Waals surface area contributed by atoms with Gasteiger partial charge in [0, 0.05) is 5.75 Å². The number of hydrogen-bond donors (Lipinski definition) is 3. The van der Waals surface area contributed by atoms with Crippen molar-refractivity contribution in [3.8, 4) is 0 Å². The largest absolute Gasteiger partial charge is 0.338 e. The first kappa shape index (κ1) is 15.9. The van der Waals surface area contributed by atoms with E-state index in [1.54, 1.807) is 0 Å². The second-order valence-corrected chi connectivity index (χ2v) is 5.40. The third-order valence-corrected chi connectivity index (χ3v) is 3.61. The lowest BCUT2D eigenvalue weighted by Crippen LogP contribution is -2.38. The molecule has 2 aromatic carbocycles. The first-order valence-corrected chi connectivity index (χ1v) is 7.77. The molecule has 0 radical (unpaired) electrons. The van der Waals surface area contributed by atoms with Crippen LogP contribution in [0.1, 0.15) is 5.56 Å². The van der Waals surface area contributed by atoms with Crippen LogP contribution in [0.25, 0.3) is 0 Å². The number of rotatable bonds is 6. The maximum absolute atomic E-state index is 11.6. The van der Waals surface area contributed by atoms with Gasteiger partial charge in [-0.05, 0) is 17.7 Å². The molecule has 2 aromatic rings. The molecular formula is C16H17N3O2S. The van der Waals surface area contributed by atoms with E-state index in [1.807, 2.05) is 60.7 Å². The van der Waals surface area contributed by atoms with Crippen molar-refractivity contribution in [2.24, 2.45) is 0 Å². The fourth-order valence-corrected chi connectivity index (χ4v) is 2.30. The Bertz CT molecular complexity index is 550. The molecule has 0 saturated heterocycles. The van der Waals surface area contributed by atoms with E-state index < -0.39 is 0 Å². The van der Waals surface area contributed by atoms with Crippen molar-refractivity contribution in [2.45, 2.75) is 5.75 Å². The Morgan fingerprint density at radius 3 is 2.23 bits per heavy atom. The highest BCUT2D eigenvalue weighted by Gasteiger charge is 2.06. The monoisotopic (exact) mass is 315 g/mol. The zero-order valence-electron chi connectivity index (χ0n) is 11.9. The van der Waals surface area contributed by atoms with Crippen molar-refractivity contribution < 1.29 is 9.59 Å². The van der Waals surface area contributed by atoms with Gasteiger partial charge in [0.25, 0.3) is 11.1 Å². The van der Waals surface area contributed by atoms with Crippen molar-refractivity contribution in [1.29, 1.82) is 0 Å². The van der Waals surface area contributed by atoms with Gasteiger partial charge in [-0.25, -0.2) is 0 Å². The summed E-state index contributed by atoms with van der Waals surface area (Å²) in [5.74, 6) is 0.272. The Hall–Kier alpha value is -2.47. The highest BCUT2D eigenvalue weighted by molar-refractivity contribution is 8.12. The average molecular weight is 315 g/mol. The van der Waals surface area contributed by atoms with E-state index in [0.29, 0.717) is 5.75 Å². The van der Waals surface area contributed by atoms with Gasteiger partial charge in [0.2, 0.25) is 0 Å². The van der Waals surface area contributed by atoms with Gasteiger partial charge in [-0.15, -0.1) is 0 Å². The Morgan fingerprint density at radius 2 is 1.55 bits per heavy atom. The summed E-state index contributed by atoms with van der Waals surface area (Å²) in [6.07, 6.45) is 0. The van der Waals surface area contributed by atoms with Gasteiger partial charge in [0.15, 0.2) is 0 Å². The van der Waals surface area contributed by atoms with E-state index in [4.69, 9.17) is 0 Å². The highest BCUT2D eigenvalue weighted by atomic mass is 32.2. The second-order valence-electron chi connectivity index (χ2n) is 4.45. The Morgan fingerprint density at radius 1 is 0.909 bits per heavy atom. The third kappa shape index (κ3) is 5.88. The van der Waals surface area contributed by atoms with E-state index in [2.05, 4.69) is 16.2 Å². The van der Waals surface area contributed by atoms with Crippen LogP contribution in [0.2, 0.25) is 0 Å². The highest BCUT2D eigenvalue weighted by Crippen LogP contribution is 2.11. The van der Waals surface area contributed by atoms with E-state index >= 15 is 0 Å². The molecule has 2 amide bonds. The van der Waals surface area contributed by atoms with Gasteiger partial charge in [-0.2, -0.15) is 0 Å². The molecule has 0 aliphatic heterocycles. The van der Waals surface area contributed by atoms with Crippen LogP contribution in [0.5, 0.6) is 0 Å². The molecule has 0 atom stereocenters. The average Bonchev–Trinajstić information content (AvgIpc) is 2.58. The molecule has 0 spiro atoms. The van der Waals surface area contributed by atoms with Crippen LogP contribution >= 0.6 is 11.8 Å². The molecule has 0 unspecified atom stereocenters. The standard InChI is InChI=1S/C16H17N3O2S/c20-15(19-18-14-9-5-2-6-10-14)11-17-16(21)22-12-13-7-3-1-4-8-13/h1-10,18H,11-12H2,(H,17,21)(H,19,20). The zero-order chi connectivity index (χ0) is 15.6. The van der Waals surface area contributed by atoms with Crippen LogP contribution in [0.15, 0.2) is 60.7 Å². The first-order valence-electron chi connectivity index (χ1n) is 6.78. The van der Waals surface area contributed by atoms with Gasteiger partial charge in [0.05, 0.1) is 12.2 Å². The molecule has 114 valence electrons. The molecule has 0 bridgehead atoms. The lowest BCUT2D eigenvalue weighted by Gasteiger charge is -2.09. The van der Waals surface area contributed by atoms with Crippen LogP contribution in [0.4, 0.5) is 10.5 Å². The van der Waals surface area contributed by atoms with Crippen LogP contribution < -0.4 is 16.2 Å². The SMILES string of the molecule is O=C(CNC(=O)SCc1ccccc1)NNc1ccccc1. The van der Waals surface area contributed by atoms with E-state index in [1.165, 1.54) is 0 Å². The number of carbonyl (C=O) groups excluding carboxylic acids is 2. The number of para-hydroxylation sites is 1. The van der Waals surface area contributed by atoms with Crippen LogP contribution in [-0.4, -0.2) is 17.7 Å². The van der Waals surface area contributed by atoms with Crippen molar-refractivity contribution in [2.75, 3.05) is 12.0 Å². The van der Waals surface area contributed by atoms with Gasteiger partial charge in [-0.3, -0.25) is 20.4 Å². The van der Waals surface area contributed by atoms with Crippen LogP contribution in [-0.2, 0) is 10.5 Å². The molecule has 0 saturated carbocycles. The summed E-state index contributed by atoms with van der Waals surface area (Å²) < 4.78 is 0. The number of carbonyl (C=O) groups is 2. The fraction of sp³-hybridized carbons (Fsp3) is 0.125. The van der Waals surface area contributed by atoms with Gasteiger partial charge < -0.3 is 5.32 Å². The molecule has 0 aliphatic rings.